The molecule has 1 aromatic carbocycles. The molecule has 3 nitrogen and oxygen atoms in total. The maximum absolute atomic E-state index is 12.4. The van der Waals surface area contributed by atoms with Crippen molar-refractivity contribution in [1.82, 2.24) is 4.90 Å². The Balaban J connectivity index is 2.79. The van der Waals surface area contributed by atoms with Crippen LogP contribution in [0.4, 0.5) is 0 Å². The lowest BCUT2D eigenvalue weighted by molar-refractivity contribution is -0.139. The number of carbonyl (C=O) groups is 1. The van der Waals surface area contributed by atoms with E-state index in [0.29, 0.717) is 19.5 Å². The van der Waals surface area contributed by atoms with E-state index in [0.717, 1.165) is 0 Å². The molecular weight excluding hydrogens is 236 g/mol. The molecule has 0 atom stereocenters. The van der Waals surface area contributed by atoms with Crippen molar-refractivity contribution in [1.29, 1.82) is 0 Å². The summed E-state index contributed by atoms with van der Waals surface area (Å²) in [6.45, 7) is 9.28. The lowest BCUT2D eigenvalue weighted by Crippen LogP contribution is -2.39. The number of rotatable bonds is 5. The summed E-state index contributed by atoms with van der Waals surface area (Å²) in [5, 5.41) is 0. The third kappa shape index (κ3) is 4.06. The Bertz CT molecular complexity index is 452. The minimum absolute atomic E-state index is 0.151. The van der Waals surface area contributed by atoms with Crippen LogP contribution in [0.15, 0.2) is 18.2 Å². The highest BCUT2D eigenvalue weighted by Gasteiger charge is 2.29. The van der Waals surface area contributed by atoms with Gasteiger partial charge in [0.25, 0.3) is 0 Å². The fourth-order valence-electron chi connectivity index (χ4n) is 2.33. The third-order valence-corrected chi connectivity index (χ3v) is 3.60. The second kappa shape index (κ2) is 6.20. The van der Waals surface area contributed by atoms with Crippen molar-refractivity contribution >= 4 is 5.91 Å². The molecule has 1 rings (SSSR count). The highest BCUT2D eigenvalue weighted by molar-refractivity contribution is 5.81. The molecule has 0 radical (unpaired) electrons. The summed E-state index contributed by atoms with van der Waals surface area (Å²) < 4.78 is 0. The Morgan fingerprint density at radius 3 is 2.47 bits per heavy atom. The van der Waals surface area contributed by atoms with Gasteiger partial charge in [-0.05, 0) is 37.9 Å². The van der Waals surface area contributed by atoms with E-state index >= 15 is 0 Å². The molecule has 0 aromatic heterocycles. The molecule has 0 saturated heterocycles. The lowest BCUT2D eigenvalue weighted by atomic mass is 9.87. The van der Waals surface area contributed by atoms with E-state index in [1.54, 1.807) is 4.90 Å². The molecule has 0 aliphatic carbocycles. The fourth-order valence-corrected chi connectivity index (χ4v) is 2.33. The second-order valence-electron chi connectivity index (χ2n) is 6.01. The van der Waals surface area contributed by atoms with Gasteiger partial charge in [0.1, 0.15) is 0 Å². The molecule has 1 aromatic rings. The molecule has 0 saturated carbocycles. The third-order valence-electron chi connectivity index (χ3n) is 3.60. The van der Waals surface area contributed by atoms with Gasteiger partial charge in [0.2, 0.25) is 5.91 Å². The van der Waals surface area contributed by atoms with E-state index in [4.69, 9.17) is 5.73 Å². The molecule has 2 N–H and O–H groups in total. The molecule has 1 amide bonds. The van der Waals surface area contributed by atoms with Crippen LogP contribution in [0.5, 0.6) is 0 Å². The SMILES string of the molecule is Cc1ccc(CN(C)C(=O)C(C)(C)CCN)c(C)c1. The van der Waals surface area contributed by atoms with Crippen LogP contribution in [0.3, 0.4) is 0 Å². The first kappa shape index (κ1) is 15.7. The Morgan fingerprint density at radius 2 is 1.95 bits per heavy atom. The monoisotopic (exact) mass is 262 g/mol. The number of amides is 1. The lowest BCUT2D eigenvalue weighted by Gasteiger charge is -2.29. The van der Waals surface area contributed by atoms with Crippen molar-refractivity contribution in [2.24, 2.45) is 11.1 Å². The Labute approximate surface area is 116 Å². The first-order chi connectivity index (χ1) is 8.77. The summed E-state index contributed by atoms with van der Waals surface area (Å²) in [4.78, 5) is 14.2. The second-order valence-corrected chi connectivity index (χ2v) is 6.01. The standard InChI is InChI=1S/C16H26N2O/c1-12-6-7-14(13(2)10-12)11-18(5)15(19)16(3,4)8-9-17/h6-7,10H,8-9,11,17H2,1-5H3. The first-order valence-corrected chi connectivity index (χ1v) is 6.79. The average Bonchev–Trinajstić information content (AvgIpc) is 2.31. The van der Waals surface area contributed by atoms with Crippen LogP contribution >= 0.6 is 0 Å². The fraction of sp³-hybridized carbons (Fsp3) is 0.562. The zero-order chi connectivity index (χ0) is 14.6. The molecule has 0 bridgehead atoms. The molecule has 19 heavy (non-hydrogen) atoms. The van der Waals surface area contributed by atoms with Crippen molar-refractivity contribution < 1.29 is 4.79 Å². The van der Waals surface area contributed by atoms with E-state index in [2.05, 4.69) is 32.0 Å². The average molecular weight is 262 g/mol. The van der Waals surface area contributed by atoms with Crippen LogP contribution in [0.1, 0.15) is 37.0 Å². The zero-order valence-corrected chi connectivity index (χ0v) is 12.8. The van der Waals surface area contributed by atoms with Gasteiger partial charge in [0.05, 0.1) is 0 Å². The molecule has 0 fully saturated rings. The van der Waals surface area contributed by atoms with Crippen molar-refractivity contribution in [3.05, 3.63) is 34.9 Å². The van der Waals surface area contributed by atoms with Crippen LogP contribution in [0, 0.1) is 19.3 Å². The Kier molecular flexibility index (Phi) is 5.12. The summed E-state index contributed by atoms with van der Waals surface area (Å²) in [5.74, 6) is 0.151. The van der Waals surface area contributed by atoms with Gasteiger partial charge in [0, 0.05) is 19.0 Å². The first-order valence-electron chi connectivity index (χ1n) is 6.79. The van der Waals surface area contributed by atoms with Crippen molar-refractivity contribution in [3.63, 3.8) is 0 Å². The van der Waals surface area contributed by atoms with E-state index in [9.17, 15) is 4.79 Å². The maximum atomic E-state index is 12.4. The molecule has 0 heterocycles. The van der Waals surface area contributed by atoms with Crippen LogP contribution < -0.4 is 5.73 Å². The van der Waals surface area contributed by atoms with Gasteiger partial charge in [-0.1, -0.05) is 37.6 Å². The Hall–Kier alpha value is -1.35. The molecule has 0 aliphatic rings. The van der Waals surface area contributed by atoms with Crippen LogP contribution in [0.25, 0.3) is 0 Å². The highest BCUT2D eigenvalue weighted by Crippen LogP contribution is 2.23. The van der Waals surface area contributed by atoms with E-state index in [-0.39, 0.29) is 11.3 Å². The predicted octanol–water partition coefficient (Wildman–Crippen LogP) is 2.64. The maximum Gasteiger partial charge on any atom is 0.228 e. The number of hydrogen-bond acceptors (Lipinski definition) is 2. The molecule has 0 unspecified atom stereocenters. The molecule has 106 valence electrons. The minimum atomic E-state index is -0.387. The minimum Gasteiger partial charge on any atom is -0.341 e. The van der Waals surface area contributed by atoms with Gasteiger partial charge in [-0.2, -0.15) is 0 Å². The zero-order valence-electron chi connectivity index (χ0n) is 12.8. The van der Waals surface area contributed by atoms with E-state index in [1.165, 1.54) is 16.7 Å². The summed E-state index contributed by atoms with van der Waals surface area (Å²) >= 11 is 0. The smallest absolute Gasteiger partial charge is 0.228 e. The summed E-state index contributed by atoms with van der Waals surface area (Å²) in [7, 11) is 1.86. The summed E-state index contributed by atoms with van der Waals surface area (Å²) in [6.07, 6.45) is 0.711. The van der Waals surface area contributed by atoms with Gasteiger partial charge in [-0.25, -0.2) is 0 Å². The van der Waals surface area contributed by atoms with Gasteiger partial charge < -0.3 is 10.6 Å². The van der Waals surface area contributed by atoms with Gasteiger partial charge in [-0.15, -0.1) is 0 Å². The van der Waals surface area contributed by atoms with Gasteiger partial charge in [-0.3, -0.25) is 4.79 Å². The Morgan fingerprint density at radius 1 is 1.32 bits per heavy atom. The van der Waals surface area contributed by atoms with E-state index < -0.39 is 0 Å². The van der Waals surface area contributed by atoms with Crippen LogP contribution in [0.2, 0.25) is 0 Å². The topological polar surface area (TPSA) is 46.3 Å². The molecule has 3 heteroatoms. The molecule has 0 aliphatic heterocycles. The number of nitrogens with two attached hydrogens (primary N) is 1. The largest absolute Gasteiger partial charge is 0.341 e. The van der Waals surface area contributed by atoms with Gasteiger partial charge in [0.15, 0.2) is 0 Å². The molecular formula is C16H26N2O. The highest BCUT2D eigenvalue weighted by atomic mass is 16.2. The predicted molar refractivity (Wildman–Crippen MR) is 79.8 cm³/mol. The quantitative estimate of drug-likeness (QED) is 0.886. The van der Waals surface area contributed by atoms with Gasteiger partial charge >= 0.3 is 0 Å². The normalized spacial score (nSPS) is 11.5. The summed E-state index contributed by atoms with van der Waals surface area (Å²) in [6, 6.07) is 6.34. The van der Waals surface area contributed by atoms with Crippen molar-refractivity contribution in [2.75, 3.05) is 13.6 Å². The van der Waals surface area contributed by atoms with Crippen LogP contribution in [-0.2, 0) is 11.3 Å². The van der Waals surface area contributed by atoms with E-state index in [1.807, 2.05) is 20.9 Å². The van der Waals surface area contributed by atoms with Crippen LogP contribution in [-0.4, -0.2) is 24.4 Å². The molecule has 0 spiro atoms. The number of carbonyl (C=O) groups excluding carboxylic acids is 1. The van der Waals surface area contributed by atoms with Crippen molar-refractivity contribution in [3.8, 4) is 0 Å². The number of hydrogen-bond donors (Lipinski definition) is 1. The van der Waals surface area contributed by atoms with Crippen molar-refractivity contribution in [2.45, 2.75) is 40.7 Å². The number of nitrogens with zero attached hydrogens (tertiary/aromatic N) is 1. The number of benzene rings is 1. The number of aryl methyl sites for hydroxylation is 2. The summed E-state index contributed by atoms with van der Waals surface area (Å²) in [5.41, 5.74) is 8.87.